The Kier molecular flexibility index (Phi) is 6.46. The van der Waals surface area contributed by atoms with Crippen molar-refractivity contribution >= 4 is 11.9 Å². The third-order valence-corrected chi connectivity index (χ3v) is 3.91. The quantitative estimate of drug-likeness (QED) is 0.689. The fourth-order valence-electron chi connectivity index (χ4n) is 2.39. The molecule has 6 nitrogen and oxygen atoms in total. The number of nitrogens with one attached hydrogen (secondary N) is 1. The van der Waals surface area contributed by atoms with E-state index in [2.05, 4.69) is 5.32 Å². The van der Waals surface area contributed by atoms with Gasteiger partial charge in [-0.2, -0.15) is 0 Å². The number of rotatable bonds is 8. The molecule has 1 amide bonds. The molecule has 0 aliphatic carbocycles. The molecule has 0 saturated carbocycles. The van der Waals surface area contributed by atoms with Gasteiger partial charge in [0.1, 0.15) is 24.0 Å². The maximum Gasteiger partial charge on any atom is 0.333 e. The smallest absolute Gasteiger partial charge is 0.333 e. The van der Waals surface area contributed by atoms with Crippen molar-refractivity contribution in [1.29, 1.82) is 0 Å². The first-order chi connectivity index (χ1) is 12.8. The highest BCUT2D eigenvalue weighted by atomic mass is 19.1. The zero-order chi connectivity index (χ0) is 20.0. The van der Waals surface area contributed by atoms with Gasteiger partial charge >= 0.3 is 5.97 Å². The predicted molar refractivity (Wildman–Crippen MR) is 92.6 cm³/mol. The lowest BCUT2D eigenvalue weighted by atomic mass is 9.91. The Morgan fingerprint density at radius 1 is 1.15 bits per heavy atom. The summed E-state index contributed by atoms with van der Waals surface area (Å²) in [6.07, 6.45) is 0. The Balaban J connectivity index is 2.29. The van der Waals surface area contributed by atoms with E-state index in [1.807, 2.05) is 0 Å². The van der Waals surface area contributed by atoms with E-state index >= 15 is 0 Å². The normalized spacial score (nSPS) is 12.9. The second-order valence-corrected chi connectivity index (χ2v) is 5.88. The first-order valence-corrected chi connectivity index (χ1v) is 8.01. The lowest BCUT2D eigenvalue weighted by molar-refractivity contribution is -0.144. The summed E-state index contributed by atoms with van der Waals surface area (Å²) in [7, 11) is 1.52. The summed E-state index contributed by atoms with van der Waals surface area (Å²) in [6.45, 7) is 1.71. The first-order valence-electron chi connectivity index (χ1n) is 8.01. The highest BCUT2D eigenvalue weighted by molar-refractivity contribution is 5.98. The molecule has 0 heterocycles. The van der Waals surface area contributed by atoms with Crippen LogP contribution in [0.5, 0.6) is 5.75 Å². The van der Waals surface area contributed by atoms with Crippen molar-refractivity contribution in [1.82, 2.24) is 5.32 Å². The van der Waals surface area contributed by atoms with Gasteiger partial charge in [-0.3, -0.25) is 4.79 Å². The van der Waals surface area contributed by atoms with Crippen LogP contribution in [0.2, 0.25) is 0 Å². The Morgan fingerprint density at radius 2 is 1.89 bits per heavy atom. The van der Waals surface area contributed by atoms with Crippen molar-refractivity contribution in [2.75, 3.05) is 20.3 Å². The molecule has 2 aromatic rings. The van der Waals surface area contributed by atoms with Crippen LogP contribution in [0.15, 0.2) is 42.5 Å². The van der Waals surface area contributed by atoms with Crippen LogP contribution < -0.4 is 10.1 Å². The number of methoxy groups -OCH3 is 1. The molecule has 1 atom stereocenters. The average molecular weight is 379 g/mol. The van der Waals surface area contributed by atoms with Crippen molar-refractivity contribution in [3.63, 3.8) is 0 Å². The minimum atomic E-state index is -2.17. The predicted octanol–water partition coefficient (Wildman–Crippen LogP) is 2.72. The highest BCUT2D eigenvalue weighted by Crippen LogP contribution is 2.26. The summed E-state index contributed by atoms with van der Waals surface area (Å²) in [5, 5.41) is 11.8. The molecule has 27 heavy (non-hydrogen) atoms. The number of aliphatic carboxylic acids is 1. The molecule has 0 bridgehead atoms. The topological polar surface area (TPSA) is 84.9 Å². The zero-order valence-electron chi connectivity index (χ0n) is 14.8. The van der Waals surface area contributed by atoms with Gasteiger partial charge in [0.15, 0.2) is 5.54 Å². The SMILES string of the molecule is COCCOc1cccc(C(=O)N[C@@](C)(C(=O)O)c2cc(F)ccc2F)c1. The molecular weight excluding hydrogens is 360 g/mol. The molecule has 0 aromatic heterocycles. The maximum absolute atomic E-state index is 14.1. The molecule has 0 unspecified atom stereocenters. The van der Waals surface area contributed by atoms with Gasteiger partial charge in [0.25, 0.3) is 5.91 Å². The second-order valence-electron chi connectivity index (χ2n) is 5.88. The van der Waals surface area contributed by atoms with E-state index < -0.39 is 34.6 Å². The molecule has 2 aromatic carbocycles. The highest BCUT2D eigenvalue weighted by Gasteiger charge is 2.39. The summed E-state index contributed by atoms with van der Waals surface area (Å²) in [6, 6.07) is 8.45. The van der Waals surface area contributed by atoms with Crippen LogP contribution in [0, 0.1) is 11.6 Å². The largest absolute Gasteiger partial charge is 0.491 e. The molecule has 0 spiro atoms. The van der Waals surface area contributed by atoms with E-state index in [1.54, 1.807) is 12.1 Å². The standard InChI is InChI=1S/C19H19F2NO5/c1-19(18(24)25,15-11-13(20)6-7-16(15)21)22-17(23)12-4-3-5-14(10-12)27-9-8-26-2/h3-7,10-11H,8-9H2,1-2H3,(H,22,23)(H,24,25)/t19-/m1/s1. The van der Waals surface area contributed by atoms with Crippen LogP contribution in [-0.4, -0.2) is 37.3 Å². The van der Waals surface area contributed by atoms with E-state index in [-0.39, 0.29) is 12.2 Å². The number of benzene rings is 2. The lowest BCUT2D eigenvalue weighted by Crippen LogP contribution is -2.50. The molecule has 144 valence electrons. The number of carboxylic acids is 1. The van der Waals surface area contributed by atoms with Gasteiger partial charge < -0.3 is 19.9 Å². The molecule has 0 aliphatic heterocycles. The minimum Gasteiger partial charge on any atom is -0.491 e. The summed E-state index contributed by atoms with van der Waals surface area (Å²) < 4.78 is 37.9. The fourth-order valence-corrected chi connectivity index (χ4v) is 2.39. The third kappa shape index (κ3) is 4.79. The zero-order valence-corrected chi connectivity index (χ0v) is 14.8. The first kappa shape index (κ1) is 20.3. The van der Waals surface area contributed by atoms with Gasteiger partial charge in [0, 0.05) is 18.2 Å². The van der Waals surface area contributed by atoms with E-state index in [9.17, 15) is 23.5 Å². The van der Waals surface area contributed by atoms with E-state index in [0.29, 0.717) is 12.4 Å². The van der Waals surface area contributed by atoms with Crippen molar-refractivity contribution < 1.29 is 33.0 Å². The number of hydrogen-bond acceptors (Lipinski definition) is 4. The Bertz CT molecular complexity index is 843. The van der Waals surface area contributed by atoms with Crippen LogP contribution in [0.1, 0.15) is 22.8 Å². The van der Waals surface area contributed by atoms with Gasteiger partial charge in [0.2, 0.25) is 0 Å². The molecule has 0 fully saturated rings. The molecule has 8 heteroatoms. The van der Waals surface area contributed by atoms with Crippen LogP contribution in [0.3, 0.4) is 0 Å². The molecular formula is C19H19F2NO5. The number of carboxylic acid groups (broad SMARTS) is 1. The summed E-state index contributed by atoms with van der Waals surface area (Å²) >= 11 is 0. The van der Waals surface area contributed by atoms with E-state index in [1.165, 1.54) is 19.2 Å². The number of carbonyl (C=O) groups is 2. The van der Waals surface area contributed by atoms with Crippen molar-refractivity contribution in [3.8, 4) is 5.75 Å². The van der Waals surface area contributed by atoms with Gasteiger partial charge in [-0.1, -0.05) is 6.07 Å². The summed E-state index contributed by atoms with van der Waals surface area (Å²) in [4.78, 5) is 24.3. The lowest BCUT2D eigenvalue weighted by Gasteiger charge is -2.27. The number of ether oxygens (including phenoxy) is 2. The molecule has 0 aliphatic rings. The number of carbonyl (C=O) groups excluding carboxylic acids is 1. The molecule has 0 radical (unpaired) electrons. The van der Waals surface area contributed by atoms with E-state index in [4.69, 9.17) is 9.47 Å². The van der Waals surface area contributed by atoms with Crippen LogP contribution in [0.4, 0.5) is 8.78 Å². The minimum absolute atomic E-state index is 0.106. The number of halogens is 2. The van der Waals surface area contributed by atoms with Crippen LogP contribution in [0.25, 0.3) is 0 Å². The number of hydrogen-bond donors (Lipinski definition) is 2. The van der Waals surface area contributed by atoms with Crippen LogP contribution >= 0.6 is 0 Å². The van der Waals surface area contributed by atoms with E-state index in [0.717, 1.165) is 25.1 Å². The number of amides is 1. The Morgan fingerprint density at radius 3 is 2.56 bits per heavy atom. The Labute approximate surface area is 154 Å². The average Bonchev–Trinajstić information content (AvgIpc) is 2.64. The van der Waals surface area contributed by atoms with Crippen molar-refractivity contribution in [2.45, 2.75) is 12.5 Å². The summed E-state index contributed by atoms with van der Waals surface area (Å²) in [5.41, 5.74) is -2.55. The van der Waals surface area contributed by atoms with Crippen molar-refractivity contribution in [2.24, 2.45) is 0 Å². The monoisotopic (exact) mass is 379 g/mol. The molecule has 2 N–H and O–H groups in total. The molecule has 2 rings (SSSR count). The van der Waals surface area contributed by atoms with Gasteiger partial charge in [0.05, 0.1) is 6.61 Å². The molecule has 0 saturated heterocycles. The van der Waals surface area contributed by atoms with Crippen LogP contribution in [-0.2, 0) is 15.1 Å². The van der Waals surface area contributed by atoms with Gasteiger partial charge in [-0.15, -0.1) is 0 Å². The van der Waals surface area contributed by atoms with Crippen molar-refractivity contribution in [3.05, 3.63) is 65.2 Å². The Hall–Kier alpha value is -3.00. The van der Waals surface area contributed by atoms with Gasteiger partial charge in [-0.25, -0.2) is 13.6 Å². The second kappa shape index (κ2) is 8.59. The van der Waals surface area contributed by atoms with Gasteiger partial charge in [-0.05, 0) is 43.3 Å². The maximum atomic E-state index is 14.1. The third-order valence-electron chi connectivity index (χ3n) is 3.91. The fraction of sp³-hybridized carbons (Fsp3) is 0.263. The summed E-state index contributed by atoms with van der Waals surface area (Å²) in [5.74, 6) is -3.69.